The first-order chi connectivity index (χ1) is 14.3. The number of rotatable bonds is 4. The molecule has 0 saturated carbocycles. The van der Waals surface area contributed by atoms with Crippen LogP contribution in [0.4, 0.5) is 11.6 Å². The number of anilines is 2. The smallest absolute Gasteiger partial charge is 0.246 e. The molecule has 10 nitrogen and oxygen atoms in total. The van der Waals surface area contributed by atoms with Crippen molar-refractivity contribution in [3.63, 3.8) is 0 Å². The Labute approximate surface area is 178 Å². The fourth-order valence-corrected chi connectivity index (χ4v) is 5.95. The molecule has 0 atom stereocenters. The van der Waals surface area contributed by atoms with Gasteiger partial charge in [-0.05, 0) is 20.9 Å². The minimum atomic E-state index is -3.56. The lowest BCUT2D eigenvalue weighted by molar-refractivity contribution is 0.312. The Kier molecular flexibility index (Phi) is 5.69. The highest BCUT2D eigenvalue weighted by atomic mass is 32.2. The first-order valence-electron chi connectivity index (χ1n) is 10.3. The molecule has 0 aliphatic carbocycles. The molecule has 0 aromatic carbocycles. The van der Waals surface area contributed by atoms with Gasteiger partial charge >= 0.3 is 0 Å². The maximum absolute atomic E-state index is 13.2. The number of hydrogen-bond acceptors (Lipinski definition) is 8. The standard InChI is InChI=1S/C19H30N8O2S/c1-15-19(16(2)24(4)22-15)30(28,29)27-11-9-26(10-12-27)18-13-17(20-14-21-18)25-7-5-23(3)6-8-25/h13-14H,5-12H2,1-4H3. The monoisotopic (exact) mass is 434 g/mol. The molecule has 4 rings (SSSR count). The van der Waals surface area contributed by atoms with Gasteiger partial charge in [0, 0.05) is 65.5 Å². The number of hydrogen-bond donors (Lipinski definition) is 0. The van der Waals surface area contributed by atoms with Gasteiger partial charge in [-0.15, -0.1) is 0 Å². The summed E-state index contributed by atoms with van der Waals surface area (Å²) in [5.74, 6) is 1.79. The van der Waals surface area contributed by atoms with Crippen LogP contribution >= 0.6 is 0 Å². The minimum absolute atomic E-state index is 0.331. The predicted octanol–water partition coefficient (Wildman–Crippen LogP) is 0.0896. The Bertz CT molecular complexity index is 1010. The molecule has 30 heavy (non-hydrogen) atoms. The zero-order valence-corrected chi connectivity index (χ0v) is 18.9. The summed E-state index contributed by atoms with van der Waals surface area (Å²) in [4.78, 5) is 16.0. The fourth-order valence-electron chi connectivity index (χ4n) is 4.13. The van der Waals surface area contributed by atoms with Crippen LogP contribution in [0.1, 0.15) is 11.4 Å². The molecule has 164 valence electrons. The van der Waals surface area contributed by atoms with Crippen LogP contribution in [0.3, 0.4) is 0 Å². The maximum Gasteiger partial charge on any atom is 0.246 e. The van der Waals surface area contributed by atoms with Crippen molar-refractivity contribution in [1.29, 1.82) is 0 Å². The molecule has 11 heteroatoms. The quantitative estimate of drug-likeness (QED) is 0.669. The molecule has 2 aliphatic rings. The van der Waals surface area contributed by atoms with Gasteiger partial charge in [-0.2, -0.15) is 9.40 Å². The van der Waals surface area contributed by atoms with Crippen molar-refractivity contribution in [3.05, 3.63) is 23.8 Å². The van der Waals surface area contributed by atoms with Gasteiger partial charge in [-0.1, -0.05) is 0 Å². The van der Waals surface area contributed by atoms with Gasteiger partial charge in [-0.3, -0.25) is 4.68 Å². The SMILES string of the molecule is Cc1nn(C)c(C)c1S(=O)(=O)N1CCN(c2cc(N3CCN(C)CC3)ncn2)CC1. The molecule has 0 amide bonds. The predicted molar refractivity (Wildman–Crippen MR) is 115 cm³/mol. The van der Waals surface area contributed by atoms with E-state index in [2.05, 4.69) is 36.8 Å². The highest BCUT2D eigenvalue weighted by molar-refractivity contribution is 7.89. The minimum Gasteiger partial charge on any atom is -0.354 e. The van der Waals surface area contributed by atoms with Crippen molar-refractivity contribution >= 4 is 21.7 Å². The average Bonchev–Trinajstić information content (AvgIpc) is 3.00. The summed E-state index contributed by atoms with van der Waals surface area (Å²) in [7, 11) is 0.339. The van der Waals surface area contributed by atoms with Crippen molar-refractivity contribution in [3.8, 4) is 0 Å². The highest BCUT2D eigenvalue weighted by Gasteiger charge is 2.33. The number of piperazine rings is 2. The van der Waals surface area contributed by atoms with Crippen molar-refractivity contribution in [2.45, 2.75) is 18.7 Å². The van der Waals surface area contributed by atoms with Crippen LogP contribution in [0.25, 0.3) is 0 Å². The third-order valence-electron chi connectivity index (χ3n) is 6.07. The second-order valence-corrected chi connectivity index (χ2v) is 9.91. The van der Waals surface area contributed by atoms with E-state index < -0.39 is 10.0 Å². The van der Waals surface area contributed by atoms with Crippen molar-refractivity contribution in [1.82, 2.24) is 29.0 Å². The first-order valence-corrected chi connectivity index (χ1v) is 11.7. The molecular formula is C19H30N8O2S. The van der Waals surface area contributed by atoms with Gasteiger partial charge in [0.2, 0.25) is 10.0 Å². The Morgan fingerprint density at radius 3 is 1.87 bits per heavy atom. The maximum atomic E-state index is 13.2. The van der Waals surface area contributed by atoms with Crippen LogP contribution < -0.4 is 9.80 Å². The number of aryl methyl sites for hydroxylation is 2. The van der Waals surface area contributed by atoms with Gasteiger partial charge in [-0.25, -0.2) is 18.4 Å². The van der Waals surface area contributed by atoms with Crippen LogP contribution in [-0.4, -0.2) is 96.8 Å². The molecule has 2 fully saturated rings. The second-order valence-electron chi connectivity index (χ2n) is 8.04. The number of likely N-dealkylation sites (N-methyl/N-ethyl adjacent to an activating group) is 1. The molecule has 2 saturated heterocycles. The third kappa shape index (κ3) is 3.88. The largest absolute Gasteiger partial charge is 0.354 e. The van der Waals surface area contributed by atoms with E-state index in [4.69, 9.17) is 0 Å². The Morgan fingerprint density at radius 1 is 0.833 bits per heavy atom. The summed E-state index contributed by atoms with van der Waals surface area (Å²) >= 11 is 0. The lowest BCUT2D eigenvalue weighted by atomic mass is 10.3. The fraction of sp³-hybridized carbons (Fsp3) is 0.632. The molecule has 0 N–H and O–H groups in total. The summed E-state index contributed by atoms with van der Waals surface area (Å²) in [6.07, 6.45) is 1.61. The van der Waals surface area contributed by atoms with E-state index in [1.165, 1.54) is 0 Å². The summed E-state index contributed by atoms with van der Waals surface area (Å²) in [6.45, 7) is 9.50. The lowest BCUT2D eigenvalue weighted by Crippen LogP contribution is -2.49. The zero-order valence-electron chi connectivity index (χ0n) is 18.1. The Hall–Kier alpha value is -2.24. The Morgan fingerprint density at radius 2 is 1.37 bits per heavy atom. The van der Waals surface area contributed by atoms with E-state index in [-0.39, 0.29) is 0 Å². The highest BCUT2D eigenvalue weighted by Crippen LogP contribution is 2.25. The molecule has 0 unspecified atom stereocenters. The van der Waals surface area contributed by atoms with E-state index in [1.807, 2.05) is 6.07 Å². The number of nitrogens with zero attached hydrogens (tertiary/aromatic N) is 8. The van der Waals surface area contributed by atoms with Crippen LogP contribution in [0, 0.1) is 13.8 Å². The first kappa shape index (κ1) is 21.0. The normalized spacial score (nSPS) is 19.5. The number of aromatic nitrogens is 4. The van der Waals surface area contributed by atoms with Gasteiger partial charge < -0.3 is 14.7 Å². The summed E-state index contributed by atoms with van der Waals surface area (Å²) < 4.78 is 29.6. The lowest BCUT2D eigenvalue weighted by Gasteiger charge is -2.36. The van der Waals surface area contributed by atoms with Crippen LogP contribution in [0.15, 0.2) is 17.3 Å². The molecule has 2 aromatic rings. The van der Waals surface area contributed by atoms with Crippen molar-refractivity contribution in [2.75, 3.05) is 69.2 Å². The second kappa shape index (κ2) is 8.12. The van der Waals surface area contributed by atoms with Crippen LogP contribution in [0.5, 0.6) is 0 Å². The molecule has 2 aliphatic heterocycles. The average molecular weight is 435 g/mol. The molecule has 4 heterocycles. The molecule has 0 spiro atoms. The van der Waals surface area contributed by atoms with Gasteiger partial charge in [0.15, 0.2) is 0 Å². The molecule has 0 bridgehead atoms. The third-order valence-corrected chi connectivity index (χ3v) is 8.22. The topological polar surface area (TPSA) is 90.7 Å². The summed E-state index contributed by atoms with van der Waals surface area (Å²) in [5, 5.41) is 4.27. The van der Waals surface area contributed by atoms with E-state index in [0.717, 1.165) is 37.8 Å². The number of sulfonamides is 1. The van der Waals surface area contributed by atoms with Gasteiger partial charge in [0.1, 0.15) is 22.9 Å². The van der Waals surface area contributed by atoms with Crippen LogP contribution in [-0.2, 0) is 17.1 Å². The molecule has 2 aromatic heterocycles. The van der Waals surface area contributed by atoms with Crippen molar-refractivity contribution < 1.29 is 8.42 Å². The van der Waals surface area contributed by atoms with E-state index in [0.29, 0.717) is 42.5 Å². The summed E-state index contributed by atoms with van der Waals surface area (Å²) in [5.41, 5.74) is 1.22. The Balaban J connectivity index is 1.45. The molecular weight excluding hydrogens is 404 g/mol. The molecule has 0 radical (unpaired) electrons. The van der Waals surface area contributed by atoms with Gasteiger partial charge in [0.05, 0.1) is 11.4 Å². The van der Waals surface area contributed by atoms with E-state index in [9.17, 15) is 8.42 Å². The zero-order chi connectivity index (χ0) is 21.5. The van der Waals surface area contributed by atoms with Crippen molar-refractivity contribution in [2.24, 2.45) is 7.05 Å². The van der Waals surface area contributed by atoms with E-state index in [1.54, 1.807) is 36.2 Å². The summed E-state index contributed by atoms with van der Waals surface area (Å²) in [6, 6.07) is 2.02. The van der Waals surface area contributed by atoms with Gasteiger partial charge in [0.25, 0.3) is 0 Å². The van der Waals surface area contributed by atoms with Crippen LogP contribution in [0.2, 0.25) is 0 Å². The van der Waals surface area contributed by atoms with E-state index >= 15 is 0 Å².